The van der Waals surface area contributed by atoms with Crippen molar-refractivity contribution in [2.24, 2.45) is 0 Å². The van der Waals surface area contributed by atoms with Crippen LogP contribution < -0.4 is 4.90 Å². The summed E-state index contributed by atoms with van der Waals surface area (Å²) in [7, 11) is 0. The average Bonchev–Trinajstić information content (AvgIpc) is 3.06. The van der Waals surface area contributed by atoms with Crippen LogP contribution in [0.15, 0.2) is 18.3 Å². The molecular weight excluding hydrogens is 308 g/mol. The number of hydrogen-bond acceptors (Lipinski definition) is 6. The second-order valence-electron chi connectivity index (χ2n) is 6.42. The molecule has 2 aromatic rings. The van der Waals surface area contributed by atoms with Crippen LogP contribution in [0.4, 0.5) is 11.5 Å². The van der Waals surface area contributed by atoms with Crippen LogP contribution >= 0.6 is 0 Å². The molecule has 0 unspecified atom stereocenters. The molecule has 4 heterocycles. The van der Waals surface area contributed by atoms with E-state index in [0.29, 0.717) is 0 Å². The van der Waals surface area contributed by atoms with E-state index >= 15 is 0 Å². The Kier molecular flexibility index (Phi) is 3.87. The smallest absolute Gasteiger partial charge is 0.287 e. The van der Waals surface area contributed by atoms with E-state index in [1.165, 1.54) is 25.1 Å². The first-order valence-corrected chi connectivity index (χ1v) is 8.53. The molecule has 2 aliphatic rings. The predicted octanol–water partition coefficient (Wildman–Crippen LogP) is 2.65. The van der Waals surface area contributed by atoms with Gasteiger partial charge in [0.05, 0.1) is 11.0 Å². The van der Waals surface area contributed by atoms with E-state index < -0.39 is 4.92 Å². The summed E-state index contributed by atoms with van der Waals surface area (Å²) in [5.41, 5.74) is 0.0205. The van der Waals surface area contributed by atoms with Crippen molar-refractivity contribution in [3.05, 3.63) is 40.1 Å². The van der Waals surface area contributed by atoms with Gasteiger partial charge in [-0.25, -0.2) is 4.98 Å². The van der Waals surface area contributed by atoms with Gasteiger partial charge < -0.3 is 9.47 Å². The molecular formula is C16H20N6O2. The Balaban J connectivity index is 1.66. The minimum atomic E-state index is -0.417. The summed E-state index contributed by atoms with van der Waals surface area (Å²) in [6, 6.07) is 3.41. The highest BCUT2D eigenvalue weighted by Crippen LogP contribution is 2.34. The normalized spacial score (nSPS) is 20.7. The van der Waals surface area contributed by atoms with Crippen molar-refractivity contribution in [2.75, 3.05) is 11.4 Å². The number of anilines is 1. The fraction of sp³-hybridized carbons (Fsp3) is 0.562. The van der Waals surface area contributed by atoms with Crippen LogP contribution in [0.2, 0.25) is 0 Å². The SMILES string of the molecule is O=[N+]([O-])c1ccc(N2CCCC[C@H]2c2nnc3n2CCCC3)nc1. The van der Waals surface area contributed by atoms with Crippen LogP contribution in [-0.2, 0) is 13.0 Å². The number of nitrogens with zero attached hydrogens (tertiary/aromatic N) is 6. The van der Waals surface area contributed by atoms with Crippen molar-refractivity contribution in [1.29, 1.82) is 0 Å². The number of aryl methyl sites for hydroxylation is 1. The van der Waals surface area contributed by atoms with Crippen molar-refractivity contribution in [2.45, 2.75) is 51.1 Å². The first-order chi connectivity index (χ1) is 11.7. The second-order valence-corrected chi connectivity index (χ2v) is 6.42. The Labute approximate surface area is 139 Å². The second kappa shape index (κ2) is 6.18. The predicted molar refractivity (Wildman–Crippen MR) is 87.8 cm³/mol. The van der Waals surface area contributed by atoms with Crippen molar-refractivity contribution in [3.63, 3.8) is 0 Å². The van der Waals surface area contributed by atoms with Gasteiger partial charge >= 0.3 is 0 Å². The number of aromatic nitrogens is 4. The van der Waals surface area contributed by atoms with E-state index in [0.717, 1.165) is 56.2 Å². The van der Waals surface area contributed by atoms with Gasteiger partial charge in [0.2, 0.25) is 0 Å². The lowest BCUT2D eigenvalue weighted by Gasteiger charge is -2.36. The molecule has 1 fully saturated rings. The van der Waals surface area contributed by atoms with Crippen molar-refractivity contribution < 1.29 is 4.92 Å². The third-order valence-electron chi connectivity index (χ3n) is 4.93. The van der Waals surface area contributed by atoms with E-state index in [1.54, 1.807) is 6.07 Å². The molecule has 0 saturated carbocycles. The van der Waals surface area contributed by atoms with E-state index in [4.69, 9.17) is 0 Å². The Bertz CT molecular complexity index is 742. The zero-order valence-corrected chi connectivity index (χ0v) is 13.5. The molecule has 0 N–H and O–H groups in total. The third kappa shape index (κ3) is 2.61. The van der Waals surface area contributed by atoms with Crippen molar-refractivity contribution in [3.8, 4) is 0 Å². The number of fused-ring (bicyclic) bond motifs is 1. The standard InChI is InChI=1S/C16H20N6O2/c23-22(24)12-7-8-14(17-11-12)20-9-3-1-5-13(20)16-19-18-15-6-2-4-10-21(15)16/h7-8,11,13H,1-6,9-10H2/t13-/m0/s1. The topological polar surface area (TPSA) is 90.0 Å². The summed E-state index contributed by atoms with van der Waals surface area (Å²) >= 11 is 0. The van der Waals surface area contributed by atoms with Gasteiger partial charge in [-0.05, 0) is 38.2 Å². The molecule has 0 aliphatic carbocycles. The van der Waals surface area contributed by atoms with Gasteiger partial charge in [0.1, 0.15) is 17.8 Å². The molecule has 1 atom stereocenters. The van der Waals surface area contributed by atoms with Gasteiger partial charge in [-0.15, -0.1) is 10.2 Å². The Morgan fingerprint density at radius 2 is 2.00 bits per heavy atom. The largest absolute Gasteiger partial charge is 0.346 e. The monoisotopic (exact) mass is 328 g/mol. The fourth-order valence-electron chi connectivity index (χ4n) is 3.71. The van der Waals surface area contributed by atoms with E-state index in [1.807, 2.05) is 0 Å². The summed E-state index contributed by atoms with van der Waals surface area (Å²) in [4.78, 5) is 17.0. The molecule has 2 aromatic heterocycles. The van der Waals surface area contributed by atoms with E-state index in [9.17, 15) is 10.1 Å². The fourth-order valence-corrected chi connectivity index (χ4v) is 3.71. The molecule has 0 bridgehead atoms. The highest BCUT2D eigenvalue weighted by atomic mass is 16.6. The Morgan fingerprint density at radius 1 is 1.12 bits per heavy atom. The maximum Gasteiger partial charge on any atom is 0.287 e. The lowest BCUT2D eigenvalue weighted by atomic mass is 10.0. The number of nitro groups is 1. The van der Waals surface area contributed by atoms with Gasteiger partial charge in [0.25, 0.3) is 5.69 Å². The highest BCUT2D eigenvalue weighted by molar-refractivity contribution is 5.45. The van der Waals surface area contributed by atoms with Gasteiger partial charge in [0, 0.05) is 25.6 Å². The Morgan fingerprint density at radius 3 is 2.79 bits per heavy atom. The number of rotatable bonds is 3. The number of piperidine rings is 1. The molecule has 1 saturated heterocycles. The molecule has 0 spiro atoms. The summed E-state index contributed by atoms with van der Waals surface area (Å²) in [5.74, 6) is 2.88. The van der Waals surface area contributed by atoms with Crippen LogP contribution in [-0.4, -0.2) is 31.2 Å². The first-order valence-electron chi connectivity index (χ1n) is 8.53. The Hall–Kier alpha value is -2.51. The minimum absolute atomic E-state index is 0.0205. The summed E-state index contributed by atoms with van der Waals surface area (Å²) < 4.78 is 2.26. The maximum atomic E-state index is 10.8. The molecule has 0 radical (unpaired) electrons. The van der Waals surface area contributed by atoms with Gasteiger partial charge in [-0.1, -0.05) is 0 Å². The molecule has 0 amide bonds. The van der Waals surface area contributed by atoms with Crippen LogP contribution in [0, 0.1) is 10.1 Å². The van der Waals surface area contributed by atoms with E-state index in [-0.39, 0.29) is 11.7 Å². The molecule has 4 rings (SSSR count). The zero-order valence-electron chi connectivity index (χ0n) is 13.5. The van der Waals surface area contributed by atoms with Gasteiger partial charge in [-0.2, -0.15) is 0 Å². The third-order valence-corrected chi connectivity index (χ3v) is 4.93. The number of pyridine rings is 1. The molecule has 0 aromatic carbocycles. The quantitative estimate of drug-likeness (QED) is 0.635. The maximum absolute atomic E-state index is 10.8. The average molecular weight is 328 g/mol. The lowest BCUT2D eigenvalue weighted by molar-refractivity contribution is -0.385. The summed E-state index contributed by atoms with van der Waals surface area (Å²) in [6.45, 7) is 1.87. The molecule has 8 nitrogen and oxygen atoms in total. The molecule has 8 heteroatoms. The lowest BCUT2D eigenvalue weighted by Crippen LogP contribution is -2.36. The van der Waals surface area contributed by atoms with Crippen LogP contribution in [0.1, 0.15) is 49.8 Å². The highest BCUT2D eigenvalue weighted by Gasteiger charge is 2.31. The summed E-state index contributed by atoms with van der Waals surface area (Å²) in [6.07, 6.45) is 7.93. The van der Waals surface area contributed by atoms with E-state index in [2.05, 4.69) is 24.6 Å². The molecule has 24 heavy (non-hydrogen) atoms. The van der Waals surface area contributed by atoms with Crippen molar-refractivity contribution in [1.82, 2.24) is 19.7 Å². The first kappa shape index (κ1) is 15.0. The van der Waals surface area contributed by atoms with Gasteiger partial charge in [-0.3, -0.25) is 10.1 Å². The summed E-state index contributed by atoms with van der Waals surface area (Å²) in [5, 5.41) is 19.7. The van der Waals surface area contributed by atoms with Crippen molar-refractivity contribution >= 4 is 11.5 Å². The van der Waals surface area contributed by atoms with Crippen LogP contribution in [0.5, 0.6) is 0 Å². The van der Waals surface area contributed by atoms with Crippen LogP contribution in [0.25, 0.3) is 0 Å². The minimum Gasteiger partial charge on any atom is -0.346 e. The molecule has 126 valence electrons. The molecule has 2 aliphatic heterocycles. The van der Waals surface area contributed by atoms with Gasteiger partial charge in [0.15, 0.2) is 5.82 Å². The zero-order chi connectivity index (χ0) is 16.5. The number of hydrogen-bond donors (Lipinski definition) is 0. The van der Waals surface area contributed by atoms with Crippen LogP contribution in [0.3, 0.4) is 0 Å².